The molecule has 116 valence electrons. The van der Waals surface area contributed by atoms with Gasteiger partial charge >= 0.3 is 0 Å². The van der Waals surface area contributed by atoms with E-state index in [4.69, 9.17) is 0 Å². The Balaban J connectivity index is 1.66. The van der Waals surface area contributed by atoms with Crippen molar-refractivity contribution in [1.29, 1.82) is 0 Å². The minimum Gasteiger partial charge on any atom is -0.508 e. The Kier molecular flexibility index (Phi) is 4.18. The summed E-state index contributed by atoms with van der Waals surface area (Å²) in [6, 6.07) is 6.20. The zero-order chi connectivity index (χ0) is 15.0. The number of phenolic OH excluding ortho intramolecular Hbond substituents is 1. The third-order valence-corrected chi connectivity index (χ3v) is 5.28. The first-order chi connectivity index (χ1) is 10.0. The van der Waals surface area contributed by atoms with Gasteiger partial charge in [-0.2, -0.15) is 0 Å². The van der Waals surface area contributed by atoms with Gasteiger partial charge in [0.15, 0.2) is 0 Å². The molecule has 0 saturated carbocycles. The Morgan fingerprint density at radius 3 is 2.57 bits per heavy atom. The highest BCUT2D eigenvalue weighted by Gasteiger charge is 2.36. The van der Waals surface area contributed by atoms with Gasteiger partial charge in [0.1, 0.15) is 11.6 Å². The number of fused-ring (bicyclic) bond motifs is 2. The van der Waals surface area contributed by atoms with E-state index >= 15 is 0 Å². The van der Waals surface area contributed by atoms with Gasteiger partial charge in [0.2, 0.25) is 0 Å². The molecule has 3 unspecified atom stereocenters. The maximum Gasteiger partial charge on any atom is 0.131 e. The molecule has 2 bridgehead atoms. The predicted molar refractivity (Wildman–Crippen MR) is 81.8 cm³/mol. The van der Waals surface area contributed by atoms with Crippen LogP contribution in [0.5, 0.6) is 5.75 Å². The molecule has 2 saturated heterocycles. The minimum absolute atomic E-state index is 0.0164. The molecule has 0 aromatic heterocycles. The summed E-state index contributed by atoms with van der Waals surface area (Å²) >= 11 is 0. The van der Waals surface area contributed by atoms with Crippen LogP contribution in [0.25, 0.3) is 0 Å². The van der Waals surface area contributed by atoms with Crippen molar-refractivity contribution in [2.75, 3.05) is 7.05 Å². The van der Waals surface area contributed by atoms with Gasteiger partial charge in [-0.1, -0.05) is 12.5 Å². The topological polar surface area (TPSA) is 35.5 Å². The maximum atomic E-state index is 13.9. The lowest BCUT2D eigenvalue weighted by molar-refractivity contribution is 0.0462. The number of aromatic hydroxyl groups is 1. The Labute approximate surface area is 126 Å². The molecular weight excluding hydrogens is 267 g/mol. The van der Waals surface area contributed by atoms with Crippen molar-refractivity contribution in [2.45, 2.75) is 63.2 Å². The van der Waals surface area contributed by atoms with Gasteiger partial charge in [0.25, 0.3) is 0 Å². The maximum absolute atomic E-state index is 13.9. The van der Waals surface area contributed by atoms with E-state index in [0.717, 1.165) is 12.8 Å². The third-order valence-electron chi connectivity index (χ3n) is 5.28. The van der Waals surface area contributed by atoms with Crippen molar-refractivity contribution in [3.05, 3.63) is 29.6 Å². The van der Waals surface area contributed by atoms with Crippen LogP contribution in [0.2, 0.25) is 0 Å². The zero-order valence-corrected chi connectivity index (χ0v) is 12.8. The number of hydrogen-bond acceptors (Lipinski definition) is 3. The highest BCUT2D eigenvalue weighted by molar-refractivity contribution is 5.29. The average Bonchev–Trinajstić information content (AvgIpc) is 2.39. The third kappa shape index (κ3) is 3.06. The lowest BCUT2D eigenvalue weighted by Gasteiger charge is -2.47. The normalized spacial score (nSPS) is 31.1. The summed E-state index contributed by atoms with van der Waals surface area (Å²) in [4.78, 5) is 2.54. The van der Waals surface area contributed by atoms with E-state index in [2.05, 4.69) is 17.3 Å². The van der Waals surface area contributed by atoms with Gasteiger partial charge in [-0.25, -0.2) is 4.39 Å². The van der Waals surface area contributed by atoms with Crippen LogP contribution in [0, 0.1) is 5.82 Å². The molecule has 0 spiro atoms. The summed E-state index contributed by atoms with van der Waals surface area (Å²) in [7, 11) is 2.24. The standard InChI is InChI=1S/C17H25FN2O/c1-11(16-7-6-15(21)10-17(16)18)19-12-8-13-4-3-5-14(9-12)20(13)2/h6-7,10-14,19,21H,3-5,8-9H2,1-2H3. The summed E-state index contributed by atoms with van der Waals surface area (Å²) in [5.74, 6) is -0.347. The number of piperidine rings is 2. The van der Waals surface area contributed by atoms with Crippen LogP contribution in [-0.2, 0) is 0 Å². The number of hydrogen-bond donors (Lipinski definition) is 2. The molecule has 4 heteroatoms. The van der Waals surface area contributed by atoms with E-state index < -0.39 is 0 Å². The first-order valence-corrected chi connectivity index (χ1v) is 8.01. The summed E-state index contributed by atoms with van der Waals surface area (Å²) in [5.41, 5.74) is 0.636. The zero-order valence-electron chi connectivity index (χ0n) is 12.8. The Morgan fingerprint density at radius 2 is 1.95 bits per heavy atom. The molecular formula is C17H25FN2O. The minimum atomic E-state index is -0.330. The van der Waals surface area contributed by atoms with Crippen molar-refractivity contribution in [2.24, 2.45) is 0 Å². The van der Waals surface area contributed by atoms with Crippen LogP contribution in [0.1, 0.15) is 50.6 Å². The molecule has 0 radical (unpaired) electrons. The predicted octanol–water partition coefficient (Wildman–Crippen LogP) is 3.20. The van der Waals surface area contributed by atoms with E-state index in [-0.39, 0.29) is 17.6 Å². The molecule has 3 atom stereocenters. The van der Waals surface area contributed by atoms with Gasteiger partial charge in [-0.3, -0.25) is 0 Å². The van der Waals surface area contributed by atoms with Crippen molar-refractivity contribution in [3.8, 4) is 5.75 Å². The fourth-order valence-electron chi connectivity index (χ4n) is 4.06. The number of rotatable bonds is 3. The lowest BCUT2D eigenvalue weighted by atomic mass is 9.82. The molecule has 2 aliphatic heterocycles. The Bertz CT molecular complexity index is 494. The smallest absolute Gasteiger partial charge is 0.131 e. The Morgan fingerprint density at radius 1 is 1.29 bits per heavy atom. The van der Waals surface area contributed by atoms with Crippen LogP contribution >= 0.6 is 0 Å². The molecule has 21 heavy (non-hydrogen) atoms. The van der Waals surface area contributed by atoms with E-state index in [1.807, 2.05) is 6.92 Å². The fourth-order valence-corrected chi connectivity index (χ4v) is 4.06. The number of nitrogens with one attached hydrogen (secondary N) is 1. The van der Waals surface area contributed by atoms with Gasteiger partial charge in [-0.05, 0) is 45.7 Å². The molecule has 0 amide bonds. The van der Waals surface area contributed by atoms with Crippen molar-refractivity contribution in [1.82, 2.24) is 10.2 Å². The van der Waals surface area contributed by atoms with E-state index in [9.17, 15) is 9.50 Å². The number of halogens is 1. The lowest BCUT2D eigenvalue weighted by Crippen LogP contribution is -2.54. The monoisotopic (exact) mass is 292 g/mol. The summed E-state index contributed by atoms with van der Waals surface area (Å²) in [5, 5.41) is 12.9. The second-order valence-corrected chi connectivity index (χ2v) is 6.67. The highest BCUT2D eigenvalue weighted by atomic mass is 19.1. The molecule has 2 fully saturated rings. The van der Waals surface area contributed by atoms with Gasteiger partial charge in [0, 0.05) is 35.8 Å². The van der Waals surface area contributed by atoms with E-state index in [0.29, 0.717) is 23.7 Å². The van der Waals surface area contributed by atoms with E-state index in [1.54, 1.807) is 12.1 Å². The quantitative estimate of drug-likeness (QED) is 0.898. The first kappa shape index (κ1) is 14.8. The molecule has 0 aliphatic carbocycles. The summed E-state index contributed by atoms with van der Waals surface area (Å²) in [6.07, 6.45) is 6.21. The number of nitrogens with zero attached hydrogens (tertiary/aromatic N) is 1. The molecule has 3 rings (SSSR count). The molecule has 1 aromatic carbocycles. The van der Waals surface area contributed by atoms with Gasteiger partial charge in [0.05, 0.1) is 0 Å². The molecule has 1 aromatic rings. The SMILES string of the molecule is CC(NC1CC2CCCC(C1)N2C)c1ccc(O)cc1F. The Hall–Kier alpha value is -1.13. The largest absolute Gasteiger partial charge is 0.508 e. The van der Waals surface area contributed by atoms with Crippen LogP contribution < -0.4 is 5.32 Å². The number of benzene rings is 1. The van der Waals surface area contributed by atoms with Crippen molar-refractivity contribution in [3.63, 3.8) is 0 Å². The summed E-state index contributed by atoms with van der Waals surface area (Å²) in [6.45, 7) is 2.00. The second kappa shape index (κ2) is 5.93. The van der Waals surface area contributed by atoms with Crippen molar-refractivity contribution >= 4 is 0 Å². The number of phenols is 1. The fraction of sp³-hybridized carbons (Fsp3) is 0.647. The first-order valence-electron chi connectivity index (χ1n) is 8.01. The molecule has 3 nitrogen and oxygen atoms in total. The van der Waals surface area contributed by atoms with Gasteiger partial charge in [-0.15, -0.1) is 0 Å². The second-order valence-electron chi connectivity index (χ2n) is 6.67. The molecule has 2 aliphatic rings. The van der Waals surface area contributed by atoms with Crippen LogP contribution in [0.4, 0.5) is 4.39 Å². The average molecular weight is 292 g/mol. The van der Waals surface area contributed by atoms with Gasteiger partial charge < -0.3 is 15.3 Å². The van der Waals surface area contributed by atoms with Crippen molar-refractivity contribution < 1.29 is 9.50 Å². The van der Waals surface area contributed by atoms with E-state index in [1.165, 1.54) is 25.3 Å². The van der Waals surface area contributed by atoms with Crippen LogP contribution in [0.15, 0.2) is 18.2 Å². The highest BCUT2D eigenvalue weighted by Crippen LogP contribution is 2.33. The molecule has 2 N–H and O–H groups in total. The summed E-state index contributed by atoms with van der Waals surface area (Å²) < 4.78 is 13.9. The van der Waals surface area contributed by atoms with Crippen LogP contribution in [0.3, 0.4) is 0 Å². The molecule has 2 heterocycles. The van der Waals surface area contributed by atoms with Crippen LogP contribution in [-0.4, -0.2) is 35.2 Å².